The lowest BCUT2D eigenvalue weighted by atomic mass is 10.1. The third-order valence-corrected chi connectivity index (χ3v) is 3.84. The van der Waals surface area contributed by atoms with Gasteiger partial charge in [0.1, 0.15) is 5.75 Å². The molecule has 1 unspecified atom stereocenters. The smallest absolute Gasteiger partial charge is 0.337 e. The molecule has 0 heterocycles. The first-order valence-corrected chi connectivity index (χ1v) is 8.17. The first-order valence-electron chi connectivity index (χ1n) is 8.17. The molecule has 0 aromatic heterocycles. The molecule has 2 rings (SSSR count). The second-order valence-corrected chi connectivity index (χ2v) is 5.84. The van der Waals surface area contributed by atoms with Crippen molar-refractivity contribution < 1.29 is 19.1 Å². The minimum atomic E-state index is -0.596. The summed E-state index contributed by atoms with van der Waals surface area (Å²) in [6.07, 6.45) is -0.0546. The van der Waals surface area contributed by atoms with Gasteiger partial charge in [-0.3, -0.25) is 4.79 Å². The van der Waals surface area contributed by atoms with Crippen molar-refractivity contribution in [3.05, 3.63) is 59.2 Å². The number of esters is 1. The van der Waals surface area contributed by atoms with Crippen LogP contribution in [0.25, 0.3) is 0 Å². The van der Waals surface area contributed by atoms with Crippen LogP contribution in [0.3, 0.4) is 0 Å². The third-order valence-electron chi connectivity index (χ3n) is 3.84. The number of ether oxygens (including phenoxy) is 2. The Morgan fingerprint density at radius 1 is 1.08 bits per heavy atom. The van der Waals surface area contributed by atoms with Crippen molar-refractivity contribution in [1.82, 2.24) is 0 Å². The van der Waals surface area contributed by atoms with Gasteiger partial charge in [0, 0.05) is 5.69 Å². The summed E-state index contributed by atoms with van der Waals surface area (Å²) in [5, 5.41) is 2.81. The normalized spacial score (nSPS) is 11.5. The minimum absolute atomic E-state index is 0.228. The number of carbonyl (C=O) groups excluding carboxylic acids is 2. The number of nitrogens with one attached hydrogen (secondary N) is 1. The van der Waals surface area contributed by atoms with Crippen LogP contribution < -0.4 is 10.1 Å². The number of benzene rings is 2. The van der Waals surface area contributed by atoms with Crippen LogP contribution in [-0.2, 0) is 9.53 Å². The molecule has 2 aromatic rings. The molecule has 0 aliphatic carbocycles. The maximum Gasteiger partial charge on any atom is 0.337 e. The summed E-state index contributed by atoms with van der Waals surface area (Å²) in [6.45, 7) is 5.87. The summed E-state index contributed by atoms with van der Waals surface area (Å²) in [6, 6.07) is 12.4. The summed E-state index contributed by atoms with van der Waals surface area (Å²) < 4.78 is 10.5. The van der Waals surface area contributed by atoms with Gasteiger partial charge in [-0.15, -0.1) is 0 Å². The number of hydrogen-bond acceptors (Lipinski definition) is 4. The molecular weight excluding hydrogens is 318 g/mol. The molecule has 0 bridgehead atoms. The lowest BCUT2D eigenvalue weighted by molar-refractivity contribution is -0.122. The van der Waals surface area contributed by atoms with Crippen molar-refractivity contribution in [1.29, 1.82) is 0 Å². The van der Waals surface area contributed by atoms with Crippen LogP contribution in [0.15, 0.2) is 42.5 Å². The fraction of sp³-hybridized carbons (Fsp3) is 0.300. The lowest BCUT2D eigenvalue weighted by Gasteiger charge is -2.19. The molecule has 0 saturated carbocycles. The highest BCUT2D eigenvalue weighted by Crippen LogP contribution is 2.21. The van der Waals surface area contributed by atoms with E-state index in [9.17, 15) is 9.59 Å². The van der Waals surface area contributed by atoms with Gasteiger partial charge in [0.05, 0.1) is 12.7 Å². The maximum absolute atomic E-state index is 12.5. The molecule has 5 heteroatoms. The molecule has 0 aliphatic heterocycles. The summed E-state index contributed by atoms with van der Waals surface area (Å²) in [4.78, 5) is 23.9. The second kappa shape index (κ2) is 8.33. The van der Waals surface area contributed by atoms with Crippen molar-refractivity contribution in [3.63, 3.8) is 0 Å². The fourth-order valence-corrected chi connectivity index (χ4v) is 2.44. The van der Waals surface area contributed by atoms with Gasteiger partial charge in [0.15, 0.2) is 6.10 Å². The topological polar surface area (TPSA) is 64.6 Å². The van der Waals surface area contributed by atoms with Crippen LogP contribution in [-0.4, -0.2) is 25.1 Å². The summed E-state index contributed by atoms with van der Waals surface area (Å²) in [5.41, 5.74) is 3.17. The number of anilines is 1. The van der Waals surface area contributed by atoms with Crippen molar-refractivity contribution in [2.45, 2.75) is 33.3 Å². The fourth-order valence-electron chi connectivity index (χ4n) is 2.44. The van der Waals surface area contributed by atoms with Gasteiger partial charge in [-0.25, -0.2) is 4.79 Å². The van der Waals surface area contributed by atoms with E-state index in [0.717, 1.165) is 11.1 Å². The Balaban J connectivity index is 2.05. The molecule has 1 atom stereocenters. The molecule has 0 fully saturated rings. The molecule has 0 aliphatic rings. The van der Waals surface area contributed by atoms with Crippen molar-refractivity contribution in [2.24, 2.45) is 0 Å². The predicted molar refractivity (Wildman–Crippen MR) is 97.0 cm³/mol. The molecule has 5 nitrogen and oxygen atoms in total. The number of methoxy groups -OCH3 is 1. The highest BCUT2D eigenvalue weighted by molar-refractivity contribution is 5.95. The number of amides is 1. The summed E-state index contributed by atoms with van der Waals surface area (Å²) >= 11 is 0. The van der Waals surface area contributed by atoms with Gasteiger partial charge in [0.2, 0.25) is 0 Å². The van der Waals surface area contributed by atoms with Gasteiger partial charge in [-0.2, -0.15) is 0 Å². The van der Waals surface area contributed by atoms with Gasteiger partial charge in [0.25, 0.3) is 5.91 Å². The largest absolute Gasteiger partial charge is 0.480 e. The van der Waals surface area contributed by atoms with E-state index in [1.807, 2.05) is 39.0 Å². The molecule has 1 amide bonds. The van der Waals surface area contributed by atoms with E-state index in [-0.39, 0.29) is 5.91 Å². The SMILES string of the molecule is CCC(Oc1ccc(C)cc1C)C(=O)Nc1ccc(C(=O)OC)cc1. The number of hydrogen-bond donors (Lipinski definition) is 1. The molecule has 0 spiro atoms. The summed E-state index contributed by atoms with van der Waals surface area (Å²) in [5.74, 6) is 0.0597. The highest BCUT2D eigenvalue weighted by atomic mass is 16.5. The van der Waals surface area contributed by atoms with E-state index in [1.165, 1.54) is 7.11 Å². The van der Waals surface area contributed by atoms with Crippen LogP contribution in [0.1, 0.15) is 34.8 Å². The monoisotopic (exact) mass is 341 g/mol. The van der Waals surface area contributed by atoms with Gasteiger partial charge < -0.3 is 14.8 Å². The van der Waals surface area contributed by atoms with Gasteiger partial charge >= 0.3 is 5.97 Å². The molecule has 0 saturated heterocycles. The predicted octanol–water partition coefficient (Wildman–Crippen LogP) is 3.89. The summed E-state index contributed by atoms with van der Waals surface area (Å²) in [7, 11) is 1.33. The van der Waals surface area contributed by atoms with E-state index in [2.05, 4.69) is 10.1 Å². The molecular formula is C20H23NO4. The Labute approximate surface area is 148 Å². The number of carbonyl (C=O) groups is 2. The van der Waals surface area contributed by atoms with E-state index in [0.29, 0.717) is 23.4 Å². The zero-order chi connectivity index (χ0) is 18.4. The Kier molecular flexibility index (Phi) is 6.17. The zero-order valence-electron chi connectivity index (χ0n) is 15.0. The second-order valence-electron chi connectivity index (χ2n) is 5.84. The first kappa shape index (κ1) is 18.5. The van der Waals surface area contributed by atoms with Crippen LogP contribution >= 0.6 is 0 Å². The van der Waals surface area contributed by atoms with Crippen molar-refractivity contribution in [3.8, 4) is 5.75 Å². The number of aryl methyl sites for hydroxylation is 2. The van der Waals surface area contributed by atoms with E-state index in [1.54, 1.807) is 24.3 Å². The molecule has 0 radical (unpaired) electrons. The highest BCUT2D eigenvalue weighted by Gasteiger charge is 2.19. The molecule has 25 heavy (non-hydrogen) atoms. The van der Waals surface area contributed by atoms with Gasteiger partial charge in [-0.1, -0.05) is 24.6 Å². The van der Waals surface area contributed by atoms with Crippen molar-refractivity contribution >= 4 is 17.6 Å². The molecule has 1 N–H and O–H groups in total. The van der Waals surface area contributed by atoms with E-state index < -0.39 is 12.1 Å². The van der Waals surface area contributed by atoms with Crippen LogP contribution in [0, 0.1) is 13.8 Å². The number of rotatable bonds is 6. The van der Waals surface area contributed by atoms with Crippen LogP contribution in [0.2, 0.25) is 0 Å². The van der Waals surface area contributed by atoms with Gasteiger partial charge in [-0.05, 0) is 56.2 Å². The maximum atomic E-state index is 12.5. The Bertz CT molecular complexity index is 753. The Hall–Kier alpha value is -2.82. The molecule has 2 aromatic carbocycles. The average Bonchev–Trinajstić information content (AvgIpc) is 2.61. The third kappa shape index (κ3) is 4.83. The average molecular weight is 341 g/mol. The van der Waals surface area contributed by atoms with E-state index in [4.69, 9.17) is 4.74 Å². The van der Waals surface area contributed by atoms with Crippen LogP contribution in [0.4, 0.5) is 5.69 Å². The Morgan fingerprint density at radius 2 is 1.76 bits per heavy atom. The lowest BCUT2D eigenvalue weighted by Crippen LogP contribution is -2.32. The minimum Gasteiger partial charge on any atom is -0.480 e. The van der Waals surface area contributed by atoms with Crippen LogP contribution in [0.5, 0.6) is 5.75 Å². The molecule has 132 valence electrons. The van der Waals surface area contributed by atoms with Crippen molar-refractivity contribution in [2.75, 3.05) is 12.4 Å². The Morgan fingerprint density at radius 3 is 2.32 bits per heavy atom. The zero-order valence-corrected chi connectivity index (χ0v) is 15.0. The first-order chi connectivity index (χ1) is 11.9. The standard InChI is InChI=1S/C20H23NO4/c1-5-17(25-18-11-6-13(2)12-14(18)3)19(22)21-16-9-7-15(8-10-16)20(23)24-4/h6-12,17H,5H2,1-4H3,(H,21,22). The quantitative estimate of drug-likeness (QED) is 0.810. The van der Waals surface area contributed by atoms with E-state index >= 15 is 0 Å².